The van der Waals surface area contributed by atoms with E-state index in [9.17, 15) is 0 Å². The molecule has 0 saturated heterocycles. The zero-order valence-electron chi connectivity index (χ0n) is 5.50. The molecule has 0 amide bonds. The lowest BCUT2D eigenvalue weighted by atomic mass is 10.3. The summed E-state index contributed by atoms with van der Waals surface area (Å²) in [6.45, 7) is 1.68. The molecule has 0 aliphatic heterocycles. The van der Waals surface area contributed by atoms with Gasteiger partial charge in [-0.3, -0.25) is 0 Å². The van der Waals surface area contributed by atoms with Crippen LogP contribution in [0.25, 0.3) is 0 Å². The molecular weight excluding hydrogens is 151 g/mol. The van der Waals surface area contributed by atoms with Crippen molar-refractivity contribution in [3.63, 3.8) is 0 Å². The molecule has 0 aromatic carbocycles. The van der Waals surface area contributed by atoms with E-state index in [4.69, 9.17) is 15.1 Å². The van der Waals surface area contributed by atoms with Crippen molar-refractivity contribution in [2.24, 2.45) is 0 Å². The monoisotopic (exact) mass is 160 g/mol. The Balaban J connectivity index is 4.33. The van der Waals surface area contributed by atoms with E-state index in [1.807, 2.05) is 5.92 Å². The van der Waals surface area contributed by atoms with Crippen LogP contribution in [-0.2, 0) is 0 Å². The van der Waals surface area contributed by atoms with Gasteiger partial charge >= 0.3 is 0 Å². The third-order valence-electron chi connectivity index (χ3n) is 0.825. The van der Waals surface area contributed by atoms with Crippen LogP contribution < -0.4 is 0 Å². The van der Waals surface area contributed by atoms with E-state index in [2.05, 4.69) is 0 Å². The van der Waals surface area contributed by atoms with Crippen molar-refractivity contribution in [3.05, 3.63) is 12.2 Å². The first-order valence-electron chi connectivity index (χ1n) is 2.62. The molecule has 3 N–H and O–H groups in total. The third kappa shape index (κ3) is 2.84. The maximum atomic E-state index is 9.16. The summed E-state index contributed by atoms with van der Waals surface area (Å²) in [4.78, 5) is 8.56. The molecule has 0 aliphatic carbocycles. The van der Waals surface area contributed by atoms with Crippen LogP contribution in [0.2, 0.25) is 0 Å². The van der Waals surface area contributed by atoms with Crippen LogP contribution in [0.1, 0.15) is 6.92 Å². The van der Waals surface area contributed by atoms with Crippen molar-refractivity contribution in [1.29, 1.82) is 0 Å². The minimum absolute atomic E-state index is 0.749. The van der Waals surface area contributed by atoms with Crippen LogP contribution in [0.5, 0.6) is 0 Å². The minimum atomic E-state index is -1.57. The van der Waals surface area contributed by atoms with Crippen molar-refractivity contribution in [1.82, 2.24) is 0 Å². The molecule has 0 spiro atoms. The molecule has 4 heteroatoms. The third-order valence-corrected chi connectivity index (χ3v) is 1.46. The Kier molecular flexibility index (Phi) is 4.06. The SMILES string of the molecule is CC=CC(O)(C#CO)PO. The lowest BCUT2D eigenvalue weighted by Gasteiger charge is -2.11. The van der Waals surface area contributed by atoms with Gasteiger partial charge in [0.2, 0.25) is 0 Å². The first-order chi connectivity index (χ1) is 4.68. The lowest BCUT2D eigenvalue weighted by molar-refractivity contribution is 0.233. The predicted octanol–water partition coefficient (Wildman–Crippen LogP) is 0.170. The second-order valence-electron chi connectivity index (χ2n) is 1.61. The molecule has 0 aliphatic rings. The van der Waals surface area contributed by atoms with Crippen LogP contribution in [-0.4, -0.2) is 20.4 Å². The highest BCUT2D eigenvalue weighted by Crippen LogP contribution is 2.25. The molecule has 0 radical (unpaired) electrons. The maximum Gasteiger partial charge on any atom is 0.188 e. The van der Waals surface area contributed by atoms with Crippen molar-refractivity contribution in [2.45, 2.75) is 12.3 Å². The van der Waals surface area contributed by atoms with E-state index in [-0.39, 0.29) is 0 Å². The number of rotatable bonds is 2. The Bertz CT molecular complexity index is 179. The molecule has 3 nitrogen and oxygen atoms in total. The summed E-state index contributed by atoms with van der Waals surface area (Å²) in [7, 11) is -0.749. The Labute approximate surface area is 61.3 Å². The van der Waals surface area contributed by atoms with Crippen molar-refractivity contribution in [2.75, 3.05) is 0 Å². The summed E-state index contributed by atoms with van der Waals surface area (Å²) in [6.07, 6.45) is 4.40. The number of aliphatic hydroxyl groups excluding tert-OH is 1. The normalized spacial score (nSPS) is 17.1. The minimum Gasteiger partial charge on any atom is -0.462 e. The molecule has 0 rings (SSSR count). The van der Waals surface area contributed by atoms with Crippen LogP contribution >= 0.6 is 8.81 Å². The van der Waals surface area contributed by atoms with Gasteiger partial charge in [0.05, 0.1) is 8.81 Å². The second kappa shape index (κ2) is 4.29. The molecule has 2 atom stereocenters. The standard InChI is InChI=1S/C6H9O3P/c1-2-3-6(8,10-9)4-5-7/h2-3,7-10H,1H3. The number of allylic oxidation sites excluding steroid dienone is 1. The van der Waals surface area contributed by atoms with E-state index in [1.54, 1.807) is 13.0 Å². The van der Waals surface area contributed by atoms with Crippen LogP contribution in [0.4, 0.5) is 0 Å². The fraction of sp³-hybridized carbons (Fsp3) is 0.333. The molecule has 0 saturated carbocycles. The highest BCUT2D eigenvalue weighted by molar-refractivity contribution is 7.33. The fourth-order valence-corrected chi connectivity index (χ4v) is 0.786. The van der Waals surface area contributed by atoms with Gasteiger partial charge in [0.25, 0.3) is 0 Å². The molecule has 56 valence electrons. The number of hydrogen-bond donors (Lipinski definition) is 3. The Hall–Kier alpha value is -0.550. The van der Waals surface area contributed by atoms with Crippen LogP contribution in [0, 0.1) is 12.0 Å². The summed E-state index contributed by atoms with van der Waals surface area (Å²) >= 11 is 0. The summed E-state index contributed by atoms with van der Waals surface area (Å²) < 4.78 is 0. The zero-order valence-corrected chi connectivity index (χ0v) is 6.50. The van der Waals surface area contributed by atoms with Crippen molar-refractivity contribution in [3.8, 4) is 12.0 Å². The molecule has 0 aromatic heterocycles. The van der Waals surface area contributed by atoms with Gasteiger partial charge in [-0.15, -0.1) is 0 Å². The Morgan fingerprint density at radius 1 is 1.60 bits per heavy atom. The van der Waals surface area contributed by atoms with E-state index in [0.29, 0.717) is 0 Å². The average Bonchev–Trinajstić information content (AvgIpc) is 1.89. The fourth-order valence-electron chi connectivity index (χ4n) is 0.433. The van der Waals surface area contributed by atoms with Crippen LogP contribution in [0.3, 0.4) is 0 Å². The van der Waals surface area contributed by atoms with E-state index in [1.165, 1.54) is 12.2 Å². The van der Waals surface area contributed by atoms with Gasteiger partial charge in [-0.1, -0.05) is 6.08 Å². The highest BCUT2D eigenvalue weighted by atomic mass is 31.1. The zero-order chi connectivity index (χ0) is 8.04. The summed E-state index contributed by atoms with van der Waals surface area (Å²) in [5.74, 6) is 2.05. The average molecular weight is 160 g/mol. The van der Waals surface area contributed by atoms with Gasteiger partial charge in [0, 0.05) is 0 Å². The summed E-state index contributed by atoms with van der Waals surface area (Å²) in [5, 5.41) is 15.7. The van der Waals surface area contributed by atoms with Gasteiger partial charge < -0.3 is 15.1 Å². The molecule has 2 unspecified atom stereocenters. The van der Waals surface area contributed by atoms with E-state index < -0.39 is 14.1 Å². The smallest absolute Gasteiger partial charge is 0.188 e. The van der Waals surface area contributed by atoms with E-state index in [0.717, 1.165) is 0 Å². The summed E-state index contributed by atoms with van der Waals surface area (Å²) in [5.41, 5.74) is 0. The van der Waals surface area contributed by atoms with Gasteiger partial charge in [0.15, 0.2) is 5.34 Å². The predicted molar refractivity (Wildman–Crippen MR) is 40.0 cm³/mol. The molecule has 0 aromatic rings. The second-order valence-corrected chi connectivity index (χ2v) is 2.60. The first kappa shape index (κ1) is 9.45. The summed E-state index contributed by atoms with van der Waals surface area (Å²) in [6, 6.07) is 0. The molecule has 0 bridgehead atoms. The number of aliphatic hydroxyl groups is 2. The van der Waals surface area contributed by atoms with E-state index >= 15 is 0 Å². The van der Waals surface area contributed by atoms with Crippen molar-refractivity contribution < 1.29 is 15.1 Å². The Morgan fingerprint density at radius 2 is 2.20 bits per heavy atom. The number of hydrogen-bond acceptors (Lipinski definition) is 3. The Morgan fingerprint density at radius 3 is 2.50 bits per heavy atom. The quantitative estimate of drug-likeness (QED) is 0.306. The van der Waals surface area contributed by atoms with Gasteiger partial charge in [-0.05, 0) is 18.9 Å². The van der Waals surface area contributed by atoms with Gasteiger partial charge in [0.1, 0.15) is 6.11 Å². The largest absolute Gasteiger partial charge is 0.462 e. The highest BCUT2D eigenvalue weighted by Gasteiger charge is 2.18. The van der Waals surface area contributed by atoms with Crippen LogP contribution in [0.15, 0.2) is 12.2 Å². The molecule has 10 heavy (non-hydrogen) atoms. The maximum absolute atomic E-state index is 9.16. The van der Waals surface area contributed by atoms with Gasteiger partial charge in [-0.2, -0.15) is 0 Å². The molecule has 0 heterocycles. The lowest BCUT2D eigenvalue weighted by Crippen LogP contribution is -2.15. The topological polar surface area (TPSA) is 60.7 Å². The first-order valence-corrected chi connectivity index (χ1v) is 3.57. The molecular formula is C6H9O3P. The van der Waals surface area contributed by atoms with Gasteiger partial charge in [-0.25, -0.2) is 0 Å². The molecule has 0 fully saturated rings. The van der Waals surface area contributed by atoms with Crippen molar-refractivity contribution >= 4 is 8.81 Å².